The number of imide groups is 1. The van der Waals surface area contributed by atoms with Crippen LogP contribution in [0, 0.1) is 20.2 Å². The van der Waals surface area contributed by atoms with Gasteiger partial charge in [-0.05, 0) is 14.1 Å². The zero-order chi connectivity index (χ0) is 19.4. The first kappa shape index (κ1) is 19.1. The summed E-state index contributed by atoms with van der Waals surface area (Å²) in [5, 5.41) is 20.4. The standard InChI is InChI=1S/C14H16N4O8/c1-15(2)3-5-25-12-8-10-9(7-11(12)17(21)22)13(19)16(14(10)20)4-6-26-18(23)24/h7-8H,3-6H2,1-2H3. The number of benzene rings is 1. The van der Waals surface area contributed by atoms with Crippen LogP contribution in [-0.4, -0.2) is 72.0 Å². The molecule has 140 valence electrons. The summed E-state index contributed by atoms with van der Waals surface area (Å²) >= 11 is 0. The number of hydrogen-bond acceptors (Lipinski definition) is 9. The fraction of sp³-hybridized carbons (Fsp3) is 0.429. The molecule has 0 bridgehead atoms. The minimum Gasteiger partial charge on any atom is -0.485 e. The summed E-state index contributed by atoms with van der Waals surface area (Å²) in [5.74, 6) is -1.62. The number of amides is 2. The van der Waals surface area contributed by atoms with Gasteiger partial charge in [0.2, 0.25) is 0 Å². The monoisotopic (exact) mass is 368 g/mol. The van der Waals surface area contributed by atoms with Gasteiger partial charge in [0, 0.05) is 18.7 Å². The summed E-state index contributed by atoms with van der Waals surface area (Å²) in [6.07, 6.45) is 0. The summed E-state index contributed by atoms with van der Waals surface area (Å²) in [7, 11) is 3.60. The molecule has 0 N–H and O–H groups in total. The van der Waals surface area contributed by atoms with Crippen molar-refractivity contribution in [1.82, 2.24) is 9.80 Å². The summed E-state index contributed by atoms with van der Waals surface area (Å²) in [4.78, 5) is 52.0. The Morgan fingerprint density at radius 1 is 1.08 bits per heavy atom. The van der Waals surface area contributed by atoms with Crippen molar-refractivity contribution in [2.45, 2.75) is 0 Å². The van der Waals surface area contributed by atoms with E-state index in [9.17, 15) is 29.8 Å². The fourth-order valence-corrected chi connectivity index (χ4v) is 2.31. The molecule has 0 fully saturated rings. The second-order valence-electron chi connectivity index (χ2n) is 5.59. The molecular weight excluding hydrogens is 352 g/mol. The number of nitrogens with zero attached hydrogens (tertiary/aromatic N) is 4. The quantitative estimate of drug-likeness (QED) is 0.342. The van der Waals surface area contributed by atoms with Gasteiger partial charge in [0.25, 0.3) is 16.9 Å². The number of ether oxygens (including phenoxy) is 1. The molecule has 26 heavy (non-hydrogen) atoms. The molecule has 1 aliphatic rings. The average molecular weight is 368 g/mol. The van der Waals surface area contributed by atoms with Crippen LogP contribution in [0.4, 0.5) is 5.69 Å². The van der Waals surface area contributed by atoms with E-state index >= 15 is 0 Å². The zero-order valence-electron chi connectivity index (χ0n) is 14.0. The number of nitro benzene ring substituents is 1. The van der Waals surface area contributed by atoms with Crippen LogP contribution in [0.1, 0.15) is 20.7 Å². The Hall–Kier alpha value is -3.28. The van der Waals surface area contributed by atoms with Gasteiger partial charge in [-0.2, -0.15) is 0 Å². The summed E-state index contributed by atoms with van der Waals surface area (Å²) in [6.45, 7) is -0.203. The molecule has 2 amide bonds. The number of carbonyl (C=O) groups is 2. The fourth-order valence-electron chi connectivity index (χ4n) is 2.31. The Balaban J connectivity index is 2.26. The van der Waals surface area contributed by atoms with Gasteiger partial charge in [-0.1, -0.05) is 0 Å². The predicted octanol–water partition coefficient (Wildman–Crippen LogP) is 0.340. The van der Waals surface area contributed by atoms with Crippen molar-refractivity contribution in [1.29, 1.82) is 0 Å². The molecule has 12 nitrogen and oxygen atoms in total. The lowest BCUT2D eigenvalue weighted by Gasteiger charge is -2.12. The highest BCUT2D eigenvalue weighted by Gasteiger charge is 2.38. The van der Waals surface area contributed by atoms with E-state index in [0.717, 1.165) is 17.0 Å². The lowest BCUT2D eigenvalue weighted by Crippen LogP contribution is -2.33. The molecule has 2 rings (SSSR count). The first-order chi connectivity index (χ1) is 12.2. The van der Waals surface area contributed by atoms with E-state index in [-0.39, 0.29) is 30.0 Å². The Morgan fingerprint density at radius 3 is 2.23 bits per heavy atom. The molecule has 0 unspecified atom stereocenters. The maximum Gasteiger partial charge on any atom is 0.311 e. The molecule has 1 aliphatic heterocycles. The third-order valence-corrected chi connectivity index (χ3v) is 3.55. The summed E-state index contributed by atoms with van der Waals surface area (Å²) in [6, 6.07) is 2.13. The Labute approximate surface area is 147 Å². The van der Waals surface area contributed by atoms with Crippen molar-refractivity contribution in [3.05, 3.63) is 43.5 Å². The molecule has 0 radical (unpaired) electrons. The third kappa shape index (κ3) is 4.03. The molecule has 0 saturated carbocycles. The predicted molar refractivity (Wildman–Crippen MR) is 85.5 cm³/mol. The molecule has 0 saturated heterocycles. The molecule has 1 heterocycles. The first-order valence-electron chi connectivity index (χ1n) is 7.45. The third-order valence-electron chi connectivity index (χ3n) is 3.55. The highest BCUT2D eigenvalue weighted by molar-refractivity contribution is 6.21. The van der Waals surface area contributed by atoms with Gasteiger partial charge in [0.05, 0.1) is 22.6 Å². The van der Waals surface area contributed by atoms with Crippen molar-refractivity contribution in [2.75, 3.05) is 40.4 Å². The van der Waals surface area contributed by atoms with Gasteiger partial charge in [-0.15, -0.1) is 10.1 Å². The van der Waals surface area contributed by atoms with Gasteiger partial charge in [-0.3, -0.25) is 24.6 Å². The molecule has 1 aromatic carbocycles. The van der Waals surface area contributed by atoms with Crippen LogP contribution >= 0.6 is 0 Å². The number of fused-ring (bicyclic) bond motifs is 1. The summed E-state index contributed by atoms with van der Waals surface area (Å²) in [5.41, 5.74) is -0.642. The lowest BCUT2D eigenvalue weighted by atomic mass is 10.1. The van der Waals surface area contributed by atoms with Crippen LogP contribution in [0.15, 0.2) is 12.1 Å². The molecule has 1 aromatic rings. The SMILES string of the molecule is CN(C)CCOc1cc2c(cc1[N+](=O)[O-])C(=O)N(CCO[N+](=O)[O-])C2=O. The summed E-state index contributed by atoms with van der Waals surface area (Å²) < 4.78 is 5.39. The molecule has 0 aromatic heterocycles. The molecular formula is C14H16N4O8. The second-order valence-corrected chi connectivity index (χ2v) is 5.59. The number of likely N-dealkylation sites (N-methyl/N-ethyl adjacent to an activating group) is 1. The van der Waals surface area contributed by atoms with Crippen molar-refractivity contribution in [3.63, 3.8) is 0 Å². The zero-order valence-corrected chi connectivity index (χ0v) is 14.0. The second kappa shape index (κ2) is 7.74. The normalized spacial score (nSPS) is 13.1. The van der Waals surface area contributed by atoms with E-state index in [1.165, 1.54) is 0 Å². The minimum atomic E-state index is -1.04. The number of hydrogen-bond donors (Lipinski definition) is 0. The van der Waals surface area contributed by atoms with Crippen LogP contribution in [0.25, 0.3) is 0 Å². The minimum absolute atomic E-state index is 0.0541. The van der Waals surface area contributed by atoms with Crippen molar-refractivity contribution in [2.24, 2.45) is 0 Å². The number of rotatable bonds is 9. The Kier molecular flexibility index (Phi) is 5.67. The largest absolute Gasteiger partial charge is 0.485 e. The lowest BCUT2D eigenvalue weighted by molar-refractivity contribution is -0.757. The van der Waals surface area contributed by atoms with Gasteiger partial charge < -0.3 is 14.5 Å². The van der Waals surface area contributed by atoms with Crippen LogP contribution in [0.2, 0.25) is 0 Å². The Morgan fingerprint density at radius 2 is 1.69 bits per heavy atom. The van der Waals surface area contributed by atoms with E-state index in [1.54, 1.807) is 14.1 Å². The Bertz CT molecular complexity index is 764. The van der Waals surface area contributed by atoms with Crippen LogP contribution in [0.5, 0.6) is 5.75 Å². The van der Waals surface area contributed by atoms with E-state index in [0.29, 0.717) is 6.54 Å². The van der Waals surface area contributed by atoms with E-state index in [4.69, 9.17) is 4.74 Å². The van der Waals surface area contributed by atoms with Crippen molar-refractivity contribution < 1.29 is 29.2 Å². The van der Waals surface area contributed by atoms with Crippen LogP contribution < -0.4 is 4.74 Å². The van der Waals surface area contributed by atoms with Crippen molar-refractivity contribution >= 4 is 17.5 Å². The topological polar surface area (TPSA) is 145 Å². The maximum atomic E-state index is 12.3. The highest BCUT2D eigenvalue weighted by atomic mass is 16.9. The smallest absolute Gasteiger partial charge is 0.311 e. The highest BCUT2D eigenvalue weighted by Crippen LogP contribution is 2.35. The van der Waals surface area contributed by atoms with Crippen LogP contribution in [-0.2, 0) is 4.84 Å². The van der Waals surface area contributed by atoms with E-state index < -0.39 is 34.1 Å². The van der Waals surface area contributed by atoms with Gasteiger partial charge in [0.15, 0.2) is 5.75 Å². The molecule has 0 aliphatic carbocycles. The van der Waals surface area contributed by atoms with Gasteiger partial charge in [-0.25, -0.2) is 0 Å². The maximum absolute atomic E-state index is 12.3. The van der Waals surface area contributed by atoms with E-state index in [2.05, 4.69) is 4.84 Å². The molecule has 0 spiro atoms. The van der Waals surface area contributed by atoms with Crippen molar-refractivity contribution in [3.8, 4) is 5.75 Å². The molecule has 12 heteroatoms. The van der Waals surface area contributed by atoms with Gasteiger partial charge in [0.1, 0.15) is 13.2 Å². The van der Waals surface area contributed by atoms with E-state index in [1.807, 2.05) is 4.90 Å². The van der Waals surface area contributed by atoms with Gasteiger partial charge >= 0.3 is 5.69 Å². The van der Waals surface area contributed by atoms with Crippen LogP contribution in [0.3, 0.4) is 0 Å². The first-order valence-corrected chi connectivity index (χ1v) is 7.45. The number of carbonyl (C=O) groups excluding carboxylic acids is 2. The average Bonchev–Trinajstić information content (AvgIpc) is 2.78. The molecule has 0 atom stereocenters. The number of nitro groups is 1.